The molecule has 0 bridgehead atoms. The SMILES string of the molecule is CC(C(=O)O)C(C)n1nnnc1Cn1cncn1. The summed E-state index contributed by atoms with van der Waals surface area (Å²) in [6, 6.07) is -0.337. The maximum absolute atomic E-state index is 11.0. The molecule has 0 fully saturated rings. The monoisotopic (exact) mass is 251 g/mol. The average Bonchev–Trinajstić information content (AvgIpc) is 2.99. The Kier molecular flexibility index (Phi) is 3.31. The second-order valence-corrected chi connectivity index (χ2v) is 4.00. The lowest BCUT2D eigenvalue weighted by atomic mass is 10.0. The Morgan fingerprint density at radius 1 is 1.50 bits per heavy atom. The summed E-state index contributed by atoms with van der Waals surface area (Å²) in [4.78, 5) is 14.8. The first-order valence-electron chi connectivity index (χ1n) is 5.41. The normalized spacial score (nSPS) is 14.3. The Hall–Kier alpha value is -2.32. The number of carboxylic acid groups (broad SMARTS) is 1. The summed E-state index contributed by atoms with van der Waals surface area (Å²) in [6.45, 7) is 3.73. The molecule has 9 heteroatoms. The molecular formula is C9H13N7O2. The van der Waals surface area contributed by atoms with E-state index in [1.807, 2.05) is 0 Å². The first-order chi connectivity index (χ1) is 8.59. The van der Waals surface area contributed by atoms with E-state index >= 15 is 0 Å². The van der Waals surface area contributed by atoms with Gasteiger partial charge in [-0.1, -0.05) is 0 Å². The highest BCUT2D eigenvalue weighted by atomic mass is 16.4. The quantitative estimate of drug-likeness (QED) is 0.769. The van der Waals surface area contributed by atoms with E-state index in [2.05, 4.69) is 25.6 Å². The minimum atomic E-state index is -0.885. The highest BCUT2D eigenvalue weighted by Gasteiger charge is 2.24. The third-order valence-corrected chi connectivity index (χ3v) is 2.83. The van der Waals surface area contributed by atoms with Crippen LogP contribution in [0.3, 0.4) is 0 Å². The Labute approximate surface area is 102 Å². The first kappa shape index (κ1) is 12.1. The van der Waals surface area contributed by atoms with E-state index in [-0.39, 0.29) is 6.04 Å². The standard InChI is InChI=1S/C9H13N7O2/c1-6(9(17)18)7(2)16-8(12-13-14-16)3-15-5-10-4-11-15/h4-7H,3H2,1-2H3,(H,17,18). The summed E-state index contributed by atoms with van der Waals surface area (Å²) in [5.41, 5.74) is 0. The molecule has 18 heavy (non-hydrogen) atoms. The minimum absolute atomic E-state index is 0.337. The number of carboxylic acids is 1. The molecule has 0 aliphatic heterocycles. The molecule has 2 unspecified atom stereocenters. The van der Waals surface area contributed by atoms with Crippen molar-refractivity contribution in [3.05, 3.63) is 18.5 Å². The Morgan fingerprint density at radius 3 is 2.89 bits per heavy atom. The fourth-order valence-electron chi connectivity index (χ4n) is 1.51. The van der Waals surface area contributed by atoms with Crippen LogP contribution in [0.1, 0.15) is 25.7 Å². The maximum Gasteiger partial charge on any atom is 0.308 e. The van der Waals surface area contributed by atoms with Crippen LogP contribution in [-0.4, -0.2) is 46.0 Å². The van der Waals surface area contributed by atoms with Crippen molar-refractivity contribution in [1.82, 2.24) is 35.0 Å². The summed E-state index contributed by atoms with van der Waals surface area (Å²) < 4.78 is 3.07. The van der Waals surface area contributed by atoms with Gasteiger partial charge in [-0.25, -0.2) is 14.3 Å². The number of rotatable bonds is 5. The van der Waals surface area contributed by atoms with E-state index in [9.17, 15) is 4.79 Å². The van der Waals surface area contributed by atoms with Gasteiger partial charge in [0.1, 0.15) is 19.2 Å². The second-order valence-electron chi connectivity index (χ2n) is 4.00. The van der Waals surface area contributed by atoms with E-state index in [0.29, 0.717) is 12.4 Å². The van der Waals surface area contributed by atoms with Crippen LogP contribution in [0.2, 0.25) is 0 Å². The van der Waals surface area contributed by atoms with E-state index in [0.717, 1.165) is 0 Å². The molecule has 0 radical (unpaired) electrons. The van der Waals surface area contributed by atoms with Gasteiger partial charge in [0.05, 0.1) is 12.0 Å². The number of hydrogen-bond donors (Lipinski definition) is 1. The van der Waals surface area contributed by atoms with Crippen LogP contribution in [0.4, 0.5) is 0 Å². The Bertz CT molecular complexity index is 521. The van der Waals surface area contributed by atoms with Crippen LogP contribution in [0.5, 0.6) is 0 Å². The molecule has 1 N–H and O–H groups in total. The van der Waals surface area contributed by atoms with Crippen LogP contribution in [0, 0.1) is 5.92 Å². The molecule has 2 atom stereocenters. The van der Waals surface area contributed by atoms with Crippen molar-refractivity contribution in [3.8, 4) is 0 Å². The zero-order valence-electron chi connectivity index (χ0n) is 10.0. The lowest BCUT2D eigenvalue weighted by Gasteiger charge is -2.17. The van der Waals surface area contributed by atoms with Gasteiger partial charge in [-0.05, 0) is 24.3 Å². The van der Waals surface area contributed by atoms with Gasteiger partial charge in [0, 0.05) is 0 Å². The minimum Gasteiger partial charge on any atom is -0.481 e. The number of hydrogen-bond acceptors (Lipinski definition) is 6. The Morgan fingerprint density at radius 2 is 2.28 bits per heavy atom. The topological polar surface area (TPSA) is 112 Å². The molecule has 0 amide bonds. The molecule has 0 saturated heterocycles. The van der Waals surface area contributed by atoms with E-state index in [1.54, 1.807) is 24.9 Å². The van der Waals surface area contributed by atoms with Crippen molar-refractivity contribution >= 4 is 5.97 Å². The third kappa shape index (κ3) is 2.34. The highest BCUT2D eigenvalue weighted by molar-refractivity contribution is 5.70. The molecule has 0 aliphatic carbocycles. The predicted octanol–water partition coefficient (Wildman–Crippen LogP) is -0.405. The molecule has 2 heterocycles. The van der Waals surface area contributed by atoms with Gasteiger partial charge < -0.3 is 5.11 Å². The summed E-state index contributed by atoms with van der Waals surface area (Å²) in [6.07, 6.45) is 2.96. The van der Waals surface area contributed by atoms with E-state index in [4.69, 9.17) is 5.11 Å². The number of tetrazole rings is 1. The molecule has 0 aromatic carbocycles. The molecule has 0 saturated carbocycles. The van der Waals surface area contributed by atoms with Crippen LogP contribution in [0.15, 0.2) is 12.7 Å². The largest absolute Gasteiger partial charge is 0.481 e. The van der Waals surface area contributed by atoms with Crippen molar-refractivity contribution in [2.45, 2.75) is 26.4 Å². The van der Waals surface area contributed by atoms with E-state index < -0.39 is 11.9 Å². The number of aromatic nitrogens is 7. The van der Waals surface area contributed by atoms with Gasteiger partial charge in [-0.3, -0.25) is 4.79 Å². The maximum atomic E-state index is 11.0. The van der Waals surface area contributed by atoms with Crippen molar-refractivity contribution in [3.63, 3.8) is 0 Å². The lowest BCUT2D eigenvalue weighted by molar-refractivity contribution is -0.142. The smallest absolute Gasteiger partial charge is 0.308 e. The fraction of sp³-hybridized carbons (Fsp3) is 0.556. The van der Waals surface area contributed by atoms with Crippen LogP contribution >= 0.6 is 0 Å². The Balaban J connectivity index is 2.19. The van der Waals surface area contributed by atoms with Gasteiger partial charge in [0.15, 0.2) is 5.82 Å². The molecule has 0 spiro atoms. The van der Waals surface area contributed by atoms with Gasteiger partial charge in [0.2, 0.25) is 0 Å². The molecular weight excluding hydrogens is 238 g/mol. The van der Waals surface area contributed by atoms with Gasteiger partial charge in [0.25, 0.3) is 0 Å². The summed E-state index contributed by atoms with van der Waals surface area (Å²) >= 11 is 0. The summed E-state index contributed by atoms with van der Waals surface area (Å²) in [5, 5.41) is 24.2. The lowest BCUT2D eigenvalue weighted by Crippen LogP contribution is -2.24. The molecule has 96 valence electrons. The van der Waals surface area contributed by atoms with E-state index in [1.165, 1.54) is 11.0 Å². The molecule has 2 aromatic rings. The highest BCUT2D eigenvalue weighted by Crippen LogP contribution is 2.17. The van der Waals surface area contributed by atoms with Crippen LogP contribution in [0.25, 0.3) is 0 Å². The van der Waals surface area contributed by atoms with Crippen molar-refractivity contribution < 1.29 is 9.90 Å². The first-order valence-corrected chi connectivity index (χ1v) is 5.41. The van der Waals surface area contributed by atoms with Crippen molar-refractivity contribution in [2.75, 3.05) is 0 Å². The van der Waals surface area contributed by atoms with Crippen LogP contribution in [-0.2, 0) is 11.3 Å². The fourth-order valence-corrected chi connectivity index (χ4v) is 1.51. The van der Waals surface area contributed by atoms with Crippen molar-refractivity contribution in [2.24, 2.45) is 5.92 Å². The zero-order valence-corrected chi connectivity index (χ0v) is 10.0. The van der Waals surface area contributed by atoms with Crippen molar-refractivity contribution in [1.29, 1.82) is 0 Å². The second kappa shape index (κ2) is 4.90. The third-order valence-electron chi connectivity index (χ3n) is 2.83. The zero-order chi connectivity index (χ0) is 13.1. The average molecular weight is 251 g/mol. The number of nitrogens with zero attached hydrogens (tertiary/aromatic N) is 7. The predicted molar refractivity (Wildman–Crippen MR) is 58.5 cm³/mol. The van der Waals surface area contributed by atoms with Crippen LogP contribution < -0.4 is 0 Å². The molecule has 0 aliphatic rings. The molecule has 2 aromatic heterocycles. The molecule has 2 rings (SSSR count). The summed E-state index contributed by atoms with van der Waals surface area (Å²) in [5.74, 6) is -0.922. The van der Waals surface area contributed by atoms with Gasteiger partial charge in [-0.15, -0.1) is 5.10 Å². The molecule has 9 nitrogen and oxygen atoms in total. The van der Waals surface area contributed by atoms with Gasteiger partial charge >= 0.3 is 5.97 Å². The summed E-state index contributed by atoms with van der Waals surface area (Å²) in [7, 11) is 0. The number of carbonyl (C=O) groups is 1. The number of aliphatic carboxylic acids is 1. The van der Waals surface area contributed by atoms with Gasteiger partial charge in [-0.2, -0.15) is 5.10 Å².